The summed E-state index contributed by atoms with van der Waals surface area (Å²) < 4.78 is 11.0. The summed E-state index contributed by atoms with van der Waals surface area (Å²) in [4.78, 5) is 8.84. The maximum atomic E-state index is 5.68. The molecule has 2 heterocycles. The molecule has 0 aliphatic rings. The molecule has 3 N–H and O–H groups in total. The lowest BCUT2D eigenvalue weighted by molar-refractivity contribution is 0.431. The van der Waals surface area contributed by atoms with Crippen LogP contribution in [0.2, 0.25) is 0 Å². The van der Waals surface area contributed by atoms with Crippen LogP contribution in [-0.2, 0) is 0 Å². The third-order valence-electron chi connectivity index (χ3n) is 3.72. The molecule has 0 bridgehead atoms. The molecule has 25 heavy (non-hydrogen) atoms. The molecule has 0 saturated heterocycles. The number of nitrogen functional groups attached to an aromatic ring is 1. The van der Waals surface area contributed by atoms with E-state index in [-0.39, 0.29) is 11.8 Å². The van der Waals surface area contributed by atoms with Crippen LogP contribution in [0.25, 0.3) is 34.4 Å². The van der Waals surface area contributed by atoms with Crippen molar-refractivity contribution in [2.45, 2.75) is 6.92 Å². The zero-order chi connectivity index (χ0) is 17.2. The third kappa shape index (κ3) is 2.88. The lowest BCUT2D eigenvalue weighted by atomic mass is 10.1. The number of aryl methyl sites for hydroxylation is 1. The van der Waals surface area contributed by atoms with Crippen LogP contribution in [0.4, 0.5) is 5.88 Å². The van der Waals surface area contributed by atoms with E-state index in [4.69, 9.17) is 14.8 Å². The maximum absolute atomic E-state index is 5.68. The average Bonchev–Trinajstić information content (AvgIpc) is 3.30. The van der Waals surface area contributed by atoms with Gasteiger partial charge in [-0.3, -0.25) is 5.43 Å². The molecule has 0 aliphatic heterocycles. The molecule has 0 atom stereocenters. The van der Waals surface area contributed by atoms with Crippen molar-refractivity contribution in [1.82, 2.24) is 15.1 Å². The van der Waals surface area contributed by atoms with Crippen molar-refractivity contribution >= 4 is 5.88 Å². The van der Waals surface area contributed by atoms with Crippen LogP contribution in [0.3, 0.4) is 0 Å². The molecule has 0 saturated carbocycles. The van der Waals surface area contributed by atoms with Crippen molar-refractivity contribution in [3.05, 3.63) is 60.2 Å². The number of hydrogen-bond acceptors (Lipinski definition) is 7. The topological polar surface area (TPSA) is 103 Å². The van der Waals surface area contributed by atoms with Gasteiger partial charge in [-0.1, -0.05) is 53.2 Å². The van der Waals surface area contributed by atoms with Gasteiger partial charge in [-0.2, -0.15) is 4.98 Å². The summed E-state index contributed by atoms with van der Waals surface area (Å²) in [6.45, 7) is 2.02. The van der Waals surface area contributed by atoms with Gasteiger partial charge in [-0.15, -0.1) is 0 Å². The summed E-state index contributed by atoms with van der Waals surface area (Å²) in [7, 11) is 0. The SMILES string of the molecule is Cc1ccc(-c2nc(-c3nc(-c4ccccc4)no3)c(NN)o2)cc1. The Kier molecular flexibility index (Phi) is 3.75. The standard InChI is InChI=1S/C18H15N5O2/c1-11-7-9-13(10-8-11)16-20-14(18(22-19)24-16)17-21-15(23-25-17)12-5-3-2-4-6-12/h2-10,22H,19H2,1H3. The zero-order valence-electron chi connectivity index (χ0n) is 13.4. The van der Waals surface area contributed by atoms with E-state index in [0.717, 1.165) is 16.7 Å². The fraction of sp³-hybridized carbons (Fsp3) is 0.0556. The van der Waals surface area contributed by atoms with E-state index >= 15 is 0 Å². The summed E-state index contributed by atoms with van der Waals surface area (Å²) in [6, 6.07) is 17.3. The largest absolute Gasteiger partial charge is 0.418 e. The second-order valence-corrected chi connectivity index (χ2v) is 5.50. The van der Waals surface area contributed by atoms with Crippen molar-refractivity contribution in [3.8, 4) is 34.4 Å². The number of nitrogens with one attached hydrogen (secondary N) is 1. The zero-order valence-corrected chi connectivity index (χ0v) is 13.4. The number of nitrogens with zero attached hydrogens (tertiary/aromatic N) is 3. The molecule has 0 spiro atoms. The van der Waals surface area contributed by atoms with E-state index in [2.05, 4.69) is 20.6 Å². The normalized spacial score (nSPS) is 10.8. The van der Waals surface area contributed by atoms with Crippen LogP contribution >= 0.6 is 0 Å². The average molecular weight is 333 g/mol. The van der Waals surface area contributed by atoms with Gasteiger partial charge in [0.05, 0.1) is 0 Å². The minimum absolute atomic E-state index is 0.230. The molecule has 2 aromatic heterocycles. The van der Waals surface area contributed by atoms with Crippen molar-refractivity contribution in [2.75, 3.05) is 5.43 Å². The first-order valence-electron chi connectivity index (χ1n) is 7.68. The van der Waals surface area contributed by atoms with Crippen LogP contribution in [0.1, 0.15) is 5.56 Å². The Bertz CT molecular complexity index is 990. The molecule has 0 unspecified atom stereocenters. The first-order valence-corrected chi connectivity index (χ1v) is 7.68. The lowest BCUT2D eigenvalue weighted by Crippen LogP contribution is -2.06. The van der Waals surface area contributed by atoms with Gasteiger partial charge in [0.1, 0.15) is 0 Å². The number of oxazole rings is 1. The van der Waals surface area contributed by atoms with E-state index in [1.165, 1.54) is 0 Å². The first-order chi connectivity index (χ1) is 12.2. The van der Waals surface area contributed by atoms with Crippen LogP contribution in [0.15, 0.2) is 63.5 Å². The van der Waals surface area contributed by atoms with Crippen LogP contribution in [0.5, 0.6) is 0 Å². The van der Waals surface area contributed by atoms with Gasteiger partial charge in [0.2, 0.25) is 17.6 Å². The van der Waals surface area contributed by atoms with Crippen molar-refractivity contribution in [2.24, 2.45) is 5.84 Å². The summed E-state index contributed by atoms with van der Waals surface area (Å²) in [5, 5.41) is 4.00. The third-order valence-corrected chi connectivity index (χ3v) is 3.72. The van der Waals surface area contributed by atoms with Crippen molar-refractivity contribution < 1.29 is 8.94 Å². The Morgan fingerprint density at radius 1 is 0.880 bits per heavy atom. The highest BCUT2D eigenvalue weighted by atomic mass is 16.5. The monoisotopic (exact) mass is 333 g/mol. The van der Waals surface area contributed by atoms with Gasteiger partial charge < -0.3 is 8.94 Å². The predicted molar refractivity (Wildman–Crippen MR) is 93.2 cm³/mol. The van der Waals surface area contributed by atoms with Gasteiger partial charge >= 0.3 is 0 Å². The minimum atomic E-state index is 0.230. The van der Waals surface area contributed by atoms with Gasteiger partial charge in [-0.25, -0.2) is 10.8 Å². The van der Waals surface area contributed by atoms with E-state index in [9.17, 15) is 0 Å². The molecule has 7 heteroatoms. The number of aromatic nitrogens is 3. The van der Waals surface area contributed by atoms with E-state index in [1.807, 2.05) is 61.5 Å². The summed E-state index contributed by atoms with van der Waals surface area (Å²) in [6.07, 6.45) is 0. The maximum Gasteiger partial charge on any atom is 0.282 e. The predicted octanol–water partition coefficient (Wildman–Crippen LogP) is 3.65. The number of hydrazine groups is 1. The van der Waals surface area contributed by atoms with Crippen LogP contribution in [-0.4, -0.2) is 15.1 Å². The highest BCUT2D eigenvalue weighted by Crippen LogP contribution is 2.32. The molecule has 0 amide bonds. The van der Waals surface area contributed by atoms with Crippen molar-refractivity contribution in [1.29, 1.82) is 0 Å². The Morgan fingerprint density at radius 2 is 1.64 bits per heavy atom. The van der Waals surface area contributed by atoms with Crippen LogP contribution in [0, 0.1) is 6.92 Å². The van der Waals surface area contributed by atoms with E-state index in [1.54, 1.807) is 0 Å². The Labute approximate surface area is 143 Å². The molecule has 0 aliphatic carbocycles. The molecule has 4 rings (SSSR count). The van der Waals surface area contributed by atoms with E-state index in [0.29, 0.717) is 17.4 Å². The number of anilines is 1. The second-order valence-electron chi connectivity index (χ2n) is 5.50. The smallest absolute Gasteiger partial charge is 0.282 e. The highest BCUT2D eigenvalue weighted by Gasteiger charge is 2.21. The molecule has 0 radical (unpaired) electrons. The molecule has 124 valence electrons. The van der Waals surface area contributed by atoms with Crippen molar-refractivity contribution in [3.63, 3.8) is 0 Å². The Morgan fingerprint density at radius 3 is 2.36 bits per heavy atom. The number of rotatable bonds is 4. The molecule has 2 aromatic carbocycles. The lowest BCUT2D eigenvalue weighted by Gasteiger charge is -1.96. The Balaban J connectivity index is 1.73. The fourth-order valence-corrected chi connectivity index (χ4v) is 2.41. The van der Waals surface area contributed by atoms with E-state index < -0.39 is 0 Å². The summed E-state index contributed by atoms with van der Waals surface area (Å²) in [5.74, 6) is 6.93. The number of nitrogens with two attached hydrogens (primary N) is 1. The summed E-state index contributed by atoms with van der Waals surface area (Å²) >= 11 is 0. The number of benzene rings is 2. The minimum Gasteiger partial charge on any atom is -0.418 e. The molecular formula is C18H15N5O2. The summed E-state index contributed by atoms with van der Waals surface area (Å²) in [5.41, 5.74) is 5.68. The molecule has 0 fully saturated rings. The highest BCUT2D eigenvalue weighted by molar-refractivity contribution is 5.69. The van der Waals surface area contributed by atoms with Gasteiger partial charge in [0.15, 0.2) is 5.69 Å². The van der Waals surface area contributed by atoms with Gasteiger partial charge in [0.25, 0.3) is 5.89 Å². The van der Waals surface area contributed by atoms with Crippen LogP contribution < -0.4 is 11.3 Å². The quantitative estimate of drug-likeness (QED) is 0.434. The Hall–Kier alpha value is -3.45. The molecule has 4 aromatic rings. The fourth-order valence-electron chi connectivity index (χ4n) is 2.41. The molecule has 7 nitrogen and oxygen atoms in total. The second kappa shape index (κ2) is 6.21. The van der Waals surface area contributed by atoms with Gasteiger partial charge in [-0.05, 0) is 19.1 Å². The van der Waals surface area contributed by atoms with Gasteiger partial charge in [0, 0.05) is 11.1 Å². The number of hydrogen-bond donors (Lipinski definition) is 2. The first kappa shape index (κ1) is 15.1. The molecular weight excluding hydrogens is 318 g/mol.